The number of benzene rings is 1. The molecule has 0 saturated carbocycles. The Morgan fingerprint density at radius 2 is 1.85 bits per heavy atom. The van der Waals surface area contributed by atoms with Crippen LogP contribution in [0.5, 0.6) is 0 Å². The normalized spacial score (nSPS) is 10.5. The van der Waals surface area contributed by atoms with Gasteiger partial charge in [-0.25, -0.2) is 4.98 Å². The molecule has 5 nitrogen and oxygen atoms in total. The number of hydrogen-bond donors (Lipinski definition) is 1. The van der Waals surface area contributed by atoms with Crippen LogP contribution in [-0.4, -0.2) is 34.8 Å². The van der Waals surface area contributed by atoms with Crippen molar-refractivity contribution in [2.24, 2.45) is 0 Å². The van der Waals surface area contributed by atoms with Crippen molar-refractivity contribution in [3.05, 3.63) is 52.0 Å². The van der Waals surface area contributed by atoms with Gasteiger partial charge in [0.05, 0.1) is 6.54 Å². The van der Waals surface area contributed by atoms with Gasteiger partial charge in [-0.15, -0.1) is 11.3 Å². The quantitative estimate of drug-likeness (QED) is 0.637. The summed E-state index contributed by atoms with van der Waals surface area (Å²) in [5.41, 5.74) is 1.11. The molecule has 0 spiro atoms. The molecule has 0 saturated heterocycles. The van der Waals surface area contributed by atoms with Gasteiger partial charge in [-0.1, -0.05) is 44.9 Å². The maximum absolute atomic E-state index is 12.8. The maximum atomic E-state index is 12.8. The van der Waals surface area contributed by atoms with Crippen LogP contribution >= 0.6 is 11.3 Å². The van der Waals surface area contributed by atoms with E-state index in [9.17, 15) is 9.59 Å². The predicted molar refractivity (Wildman–Crippen MR) is 105 cm³/mol. The monoisotopic (exact) mass is 373 g/mol. The second kappa shape index (κ2) is 10.7. The van der Waals surface area contributed by atoms with Gasteiger partial charge in [-0.2, -0.15) is 0 Å². The first kappa shape index (κ1) is 20.1. The molecule has 0 aliphatic heterocycles. The molecule has 2 amide bonds. The summed E-state index contributed by atoms with van der Waals surface area (Å²) in [5, 5.41) is 5.42. The van der Waals surface area contributed by atoms with E-state index in [1.807, 2.05) is 35.2 Å². The molecule has 0 atom stereocenters. The summed E-state index contributed by atoms with van der Waals surface area (Å²) >= 11 is 1.43. The zero-order valence-corrected chi connectivity index (χ0v) is 16.3. The second-order valence-corrected chi connectivity index (χ2v) is 7.12. The second-order valence-electron chi connectivity index (χ2n) is 6.18. The maximum Gasteiger partial charge on any atom is 0.270 e. The first-order chi connectivity index (χ1) is 12.7. The van der Waals surface area contributed by atoms with Crippen molar-refractivity contribution in [1.82, 2.24) is 15.2 Å². The van der Waals surface area contributed by atoms with E-state index in [1.165, 1.54) is 11.3 Å². The van der Waals surface area contributed by atoms with Crippen molar-refractivity contribution in [1.29, 1.82) is 0 Å². The highest BCUT2D eigenvalue weighted by atomic mass is 32.1. The van der Waals surface area contributed by atoms with Crippen molar-refractivity contribution < 1.29 is 9.59 Å². The van der Waals surface area contributed by atoms with Crippen LogP contribution in [0.15, 0.2) is 35.7 Å². The minimum absolute atomic E-state index is 0.00296. The van der Waals surface area contributed by atoms with Crippen LogP contribution in [0, 0.1) is 0 Å². The lowest BCUT2D eigenvalue weighted by atomic mass is 10.2. The van der Waals surface area contributed by atoms with Crippen LogP contribution in [0.1, 0.15) is 65.4 Å². The Morgan fingerprint density at radius 3 is 2.54 bits per heavy atom. The molecule has 140 valence electrons. The minimum Gasteiger partial charge on any atom is -0.351 e. The zero-order valence-electron chi connectivity index (χ0n) is 15.5. The molecule has 1 aromatic carbocycles. The lowest BCUT2D eigenvalue weighted by molar-refractivity contribution is 0.0740. The highest BCUT2D eigenvalue weighted by Crippen LogP contribution is 2.15. The average Bonchev–Trinajstić information content (AvgIpc) is 3.14. The van der Waals surface area contributed by atoms with Gasteiger partial charge in [0.2, 0.25) is 0 Å². The number of aromatic nitrogens is 1. The van der Waals surface area contributed by atoms with E-state index in [0.29, 0.717) is 30.9 Å². The fourth-order valence-electron chi connectivity index (χ4n) is 2.49. The van der Waals surface area contributed by atoms with Crippen LogP contribution in [0.2, 0.25) is 0 Å². The average molecular weight is 374 g/mol. The Labute approximate surface area is 159 Å². The van der Waals surface area contributed by atoms with Crippen LogP contribution < -0.4 is 5.32 Å². The Kier molecular flexibility index (Phi) is 8.28. The minimum atomic E-state index is -0.143. The molecular formula is C20H27N3O2S. The summed E-state index contributed by atoms with van der Waals surface area (Å²) in [6.45, 7) is 5.97. The molecule has 26 heavy (non-hydrogen) atoms. The molecular weight excluding hydrogens is 346 g/mol. The van der Waals surface area contributed by atoms with Crippen LogP contribution in [-0.2, 0) is 6.54 Å². The van der Waals surface area contributed by atoms with E-state index in [0.717, 1.165) is 30.7 Å². The summed E-state index contributed by atoms with van der Waals surface area (Å²) in [4.78, 5) is 31.1. The summed E-state index contributed by atoms with van der Waals surface area (Å²) < 4.78 is 0. The molecule has 0 fully saturated rings. The molecule has 1 heterocycles. The Hall–Kier alpha value is -2.21. The third-order valence-corrected chi connectivity index (χ3v) is 4.85. The third-order valence-electron chi connectivity index (χ3n) is 4.02. The smallest absolute Gasteiger partial charge is 0.270 e. The van der Waals surface area contributed by atoms with Crippen LogP contribution in [0.25, 0.3) is 0 Å². The summed E-state index contributed by atoms with van der Waals surface area (Å²) in [7, 11) is 0. The standard InChI is InChI=1S/C20H27N3O2S/c1-3-5-12-21-19(24)17-15-26-18(22-17)14-23(13-6-4-2)20(25)16-10-8-7-9-11-16/h7-11,15H,3-6,12-14H2,1-2H3,(H,21,24). The summed E-state index contributed by atoms with van der Waals surface area (Å²) in [5.74, 6) is -0.140. The topological polar surface area (TPSA) is 62.3 Å². The fraction of sp³-hybridized carbons (Fsp3) is 0.450. The predicted octanol–water partition coefficient (Wildman–Crippen LogP) is 4.12. The number of amides is 2. The van der Waals surface area contributed by atoms with Gasteiger partial charge < -0.3 is 10.2 Å². The van der Waals surface area contributed by atoms with Gasteiger partial charge in [0.25, 0.3) is 11.8 Å². The highest BCUT2D eigenvalue weighted by Gasteiger charge is 2.18. The van der Waals surface area contributed by atoms with Gasteiger partial charge >= 0.3 is 0 Å². The number of rotatable bonds is 10. The van der Waals surface area contributed by atoms with Gasteiger partial charge in [0.15, 0.2) is 0 Å². The van der Waals surface area contributed by atoms with E-state index in [2.05, 4.69) is 24.1 Å². The van der Waals surface area contributed by atoms with Crippen molar-refractivity contribution in [2.75, 3.05) is 13.1 Å². The first-order valence-electron chi connectivity index (χ1n) is 9.22. The van der Waals surface area contributed by atoms with E-state index >= 15 is 0 Å². The molecule has 0 radical (unpaired) electrons. The molecule has 2 rings (SSSR count). The fourth-order valence-corrected chi connectivity index (χ4v) is 3.27. The number of thiazole rings is 1. The number of unbranched alkanes of at least 4 members (excludes halogenated alkanes) is 2. The van der Waals surface area contributed by atoms with E-state index in [-0.39, 0.29) is 11.8 Å². The van der Waals surface area contributed by atoms with Gasteiger partial charge in [0, 0.05) is 24.0 Å². The molecule has 6 heteroatoms. The van der Waals surface area contributed by atoms with E-state index in [4.69, 9.17) is 0 Å². The first-order valence-corrected chi connectivity index (χ1v) is 10.1. The van der Waals surface area contributed by atoms with Gasteiger partial charge in [-0.05, 0) is 25.0 Å². The number of nitrogens with one attached hydrogen (secondary N) is 1. The lowest BCUT2D eigenvalue weighted by Gasteiger charge is -2.21. The Balaban J connectivity index is 2.04. The Morgan fingerprint density at radius 1 is 1.12 bits per heavy atom. The zero-order chi connectivity index (χ0) is 18.8. The molecule has 0 bridgehead atoms. The van der Waals surface area contributed by atoms with Crippen molar-refractivity contribution in [2.45, 2.75) is 46.1 Å². The SMILES string of the molecule is CCCCNC(=O)c1csc(CN(CCCC)C(=O)c2ccccc2)n1. The largest absolute Gasteiger partial charge is 0.351 e. The van der Waals surface area contributed by atoms with Crippen molar-refractivity contribution >= 4 is 23.2 Å². The highest BCUT2D eigenvalue weighted by molar-refractivity contribution is 7.09. The molecule has 0 aliphatic rings. The van der Waals surface area contributed by atoms with E-state index < -0.39 is 0 Å². The summed E-state index contributed by atoms with van der Waals surface area (Å²) in [6, 6.07) is 9.30. The summed E-state index contributed by atoms with van der Waals surface area (Å²) in [6.07, 6.45) is 3.95. The number of carbonyl (C=O) groups is 2. The van der Waals surface area contributed by atoms with Crippen LogP contribution in [0.4, 0.5) is 0 Å². The van der Waals surface area contributed by atoms with E-state index in [1.54, 1.807) is 5.38 Å². The molecule has 0 unspecified atom stereocenters. The molecule has 2 aromatic rings. The van der Waals surface area contributed by atoms with Crippen molar-refractivity contribution in [3.63, 3.8) is 0 Å². The molecule has 1 N–H and O–H groups in total. The molecule has 0 aliphatic carbocycles. The lowest BCUT2D eigenvalue weighted by Crippen LogP contribution is -2.31. The molecule has 1 aromatic heterocycles. The Bertz CT molecular complexity index is 700. The number of hydrogen-bond acceptors (Lipinski definition) is 4. The van der Waals surface area contributed by atoms with Gasteiger partial charge in [0.1, 0.15) is 10.7 Å². The van der Waals surface area contributed by atoms with Gasteiger partial charge in [-0.3, -0.25) is 9.59 Å². The van der Waals surface area contributed by atoms with Crippen molar-refractivity contribution in [3.8, 4) is 0 Å². The third kappa shape index (κ3) is 5.95. The number of carbonyl (C=O) groups excluding carboxylic acids is 2. The van der Waals surface area contributed by atoms with Crippen LogP contribution in [0.3, 0.4) is 0 Å². The number of nitrogens with zero attached hydrogens (tertiary/aromatic N) is 2.